The number of aliphatic carboxylic acids is 1. The Hall–Kier alpha value is -0.140. The van der Waals surface area contributed by atoms with Gasteiger partial charge in [-0.15, -0.1) is 11.8 Å². The monoisotopic (exact) mass is 410 g/mol. The van der Waals surface area contributed by atoms with E-state index >= 15 is 0 Å². The number of thiocarbonyl (C=S) groups is 1. The molecule has 0 saturated carbocycles. The van der Waals surface area contributed by atoms with E-state index < -0.39 is 21.1 Å². The van der Waals surface area contributed by atoms with Crippen LogP contribution < -0.4 is 0 Å². The highest BCUT2D eigenvalue weighted by molar-refractivity contribution is 8.44. The average Bonchev–Trinajstić information content (AvgIpc) is 2.56. The van der Waals surface area contributed by atoms with E-state index in [4.69, 9.17) is 17.3 Å². The van der Waals surface area contributed by atoms with Crippen molar-refractivity contribution in [1.29, 1.82) is 0 Å². The van der Waals surface area contributed by atoms with Crippen LogP contribution in [0.25, 0.3) is 0 Å². The van der Waals surface area contributed by atoms with Gasteiger partial charge in [-0.3, -0.25) is 4.79 Å². The molecule has 0 rings (SSSR count). The van der Waals surface area contributed by atoms with Gasteiger partial charge < -0.3 is 5.11 Å². The van der Waals surface area contributed by atoms with Crippen LogP contribution in [0, 0.1) is 0 Å². The maximum atomic E-state index is 12.2. The summed E-state index contributed by atoms with van der Waals surface area (Å²) in [5.41, 5.74) is 0. The Morgan fingerprint density at radius 1 is 0.920 bits per heavy atom. The zero-order valence-corrected chi connectivity index (χ0v) is 18.1. The molecule has 0 aromatic rings. The molecule has 4 nitrogen and oxygen atoms in total. The van der Waals surface area contributed by atoms with E-state index in [9.17, 15) is 13.2 Å². The van der Waals surface area contributed by atoms with Gasteiger partial charge in [0.1, 0.15) is 0 Å². The normalized spacial score (nSPS) is 12.9. The van der Waals surface area contributed by atoms with Gasteiger partial charge in [-0.05, 0) is 18.6 Å². The Morgan fingerprint density at radius 2 is 1.40 bits per heavy atom. The second kappa shape index (κ2) is 15.0. The molecule has 7 heteroatoms. The van der Waals surface area contributed by atoms with Crippen molar-refractivity contribution in [3.05, 3.63) is 0 Å². The summed E-state index contributed by atoms with van der Waals surface area (Å²) in [6, 6.07) is 0. The highest BCUT2D eigenvalue weighted by Gasteiger charge is 2.35. The van der Waals surface area contributed by atoms with Crippen molar-refractivity contribution in [2.45, 2.75) is 96.1 Å². The lowest BCUT2D eigenvalue weighted by molar-refractivity contribution is -0.136. The molecule has 1 N–H and O–H groups in total. The van der Waals surface area contributed by atoms with Gasteiger partial charge in [0.25, 0.3) is 0 Å². The number of hydrogen-bond acceptors (Lipinski definition) is 5. The van der Waals surface area contributed by atoms with Crippen molar-refractivity contribution < 1.29 is 18.3 Å². The molecule has 1 unspecified atom stereocenters. The third-order valence-corrected chi connectivity index (χ3v) is 8.63. The summed E-state index contributed by atoms with van der Waals surface area (Å²) >= 11 is 6.09. The van der Waals surface area contributed by atoms with Gasteiger partial charge in [0, 0.05) is 0 Å². The van der Waals surface area contributed by atoms with Crippen LogP contribution >= 0.6 is 24.0 Å². The minimum absolute atomic E-state index is 0.108. The molecule has 148 valence electrons. The smallest absolute Gasteiger partial charge is 0.322 e. The summed E-state index contributed by atoms with van der Waals surface area (Å²) < 4.78 is 24.3. The van der Waals surface area contributed by atoms with E-state index in [1.54, 1.807) is 6.92 Å². The fourth-order valence-corrected chi connectivity index (χ4v) is 6.03. The van der Waals surface area contributed by atoms with Crippen LogP contribution in [0.2, 0.25) is 0 Å². The highest BCUT2D eigenvalue weighted by atomic mass is 32.3. The van der Waals surface area contributed by atoms with Crippen molar-refractivity contribution in [2.75, 3.05) is 5.75 Å². The third kappa shape index (κ3) is 11.2. The van der Waals surface area contributed by atoms with E-state index in [0.717, 1.165) is 24.6 Å². The van der Waals surface area contributed by atoms with Gasteiger partial charge in [0.15, 0.2) is 8.78 Å². The van der Waals surface area contributed by atoms with Crippen LogP contribution in [0.5, 0.6) is 0 Å². The van der Waals surface area contributed by atoms with Crippen LogP contribution in [0.3, 0.4) is 0 Å². The minimum atomic E-state index is -3.88. The standard InChI is InChI=1S/C18H34O4S3/c1-3-5-6-7-8-9-10-11-12-13-15-24-18(23)25(21,22)16(14-4-2)17(19)20/h16H,3-15H2,1-2H3,(H,19,20). The van der Waals surface area contributed by atoms with Gasteiger partial charge in [-0.2, -0.15) is 0 Å². The zero-order chi connectivity index (χ0) is 19.1. The molecular weight excluding hydrogens is 376 g/mol. The molecule has 0 aliphatic rings. The second-order valence-electron chi connectivity index (χ2n) is 6.44. The molecule has 0 aromatic heterocycles. The van der Waals surface area contributed by atoms with Crippen molar-refractivity contribution in [3.63, 3.8) is 0 Å². The molecule has 0 spiro atoms. The lowest BCUT2D eigenvalue weighted by Gasteiger charge is -2.13. The summed E-state index contributed by atoms with van der Waals surface area (Å²) in [4.78, 5) is 11.2. The highest BCUT2D eigenvalue weighted by Crippen LogP contribution is 2.21. The van der Waals surface area contributed by atoms with Crippen LogP contribution in [0.1, 0.15) is 90.9 Å². The number of carboxylic acid groups (broad SMARTS) is 1. The molecule has 1 atom stereocenters. The summed E-state index contributed by atoms with van der Waals surface area (Å²) in [5, 5.41) is 7.70. The predicted molar refractivity (Wildman–Crippen MR) is 112 cm³/mol. The minimum Gasteiger partial charge on any atom is -0.480 e. The van der Waals surface area contributed by atoms with Crippen molar-refractivity contribution in [3.8, 4) is 0 Å². The average molecular weight is 411 g/mol. The van der Waals surface area contributed by atoms with E-state index in [0.29, 0.717) is 12.2 Å². The molecule has 0 aromatic carbocycles. The topological polar surface area (TPSA) is 71.4 Å². The fourth-order valence-electron chi connectivity index (χ4n) is 2.62. The van der Waals surface area contributed by atoms with Crippen molar-refractivity contribution in [2.24, 2.45) is 0 Å². The van der Waals surface area contributed by atoms with Gasteiger partial charge >= 0.3 is 5.97 Å². The lowest BCUT2D eigenvalue weighted by Crippen LogP contribution is -2.33. The number of carboxylic acids is 1. The molecule has 25 heavy (non-hydrogen) atoms. The number of carbonyl (C=O) groups is 1. The first-order valence-corrected chi connectivity index (χ1v) is 12.4. The van der Waals surface area contributed by atoms with Crippen LogP contribution in [-0.4, -0.2) is 34.0 Å². The van der Waals surface area contributed by atoms with Crippen LogP contribution in [0.15, 0.2) is 0 Å². The number of thioether (sulfide) groups is 1. The summed E-state index contributed by atoms with van der Waals surface area (Å²) in [7, 11) is -3.88. The third-order valence-electron chi connectivity index (χ3n) is 4.15. The maximum absolute atomic E-state index is 12.2. The molecule has 0 radical (unpaired) electrons. The van der Waals surface area contributed by atoms with Crippen LogP contribution in [0.4, 0.5) is 0 Å². The largest absolute Gasteiger partial charge is 0.480 e. The van der Waals surface area contributed by atoms with E-state index in [2.05, 4.69) is 6.92 Å². The Balaban J connectivity index is 3.87. The van der Waals surface area contributed by atoms with Crippen molar-refractivity contribution in [1.82, 2.24) is 0 Å². The van der Waals surface area contributed by atoms with Crippen molar-refractivity contribution >= 4 is 43.3 Å². The molecule has 0 aliphatic carbocycles. The molecule has 0 amide bonds. The van der Waals surface area contributed by atoms with Gasteiger partial charge in [-0.1, -0.05) is 90.3 Å². The summed E-state index contributed by atoms with van der Waals surface area (Å²) in [5.74, 6) is -0.656. The van der Waals surface area contributed by atoms with Gasteiger partial charge in [0.05, 0.1) is 0 Å². The maximum Gasteiger partial charge on any atom is 0.322 e. The molecule has 0 saturated heterocycles. The molecular formula is C18H34O4S3. The molecule has 0 aliphatic heterocycles. The van der Waals surface area contributed by atoms with E-state index in [-0.39, 0.29) is 9.95 Å². The zero-order valence-electron chi connectivity index (χ0n) is 15.7. The van der Waals surface area contributed by atoms with Crippen LogP contribution in [-0.2, 0) is 14.6 Å². The number of hydrogen-bond donors (Lipinski definition) is 1. The SMILES string of the molecule is CCCCCCCCCCCCSC(=S)S(=O)(=O)C(CCC)C(=O)O. The van der Waals surface area contributed by atoms with E-state index in [1.165, 1.54) is 51.4 Å². The van der Waals surface area contributed by atoms with Gasteiger partial charge in [0.2, 0.25) is 9.84 Å². The fraction of sp³-hybridized carbons (Fsp3) is 0.889. The lowest BCUT2D eigenvalue weighted by atomic mass is 10.1. The molecule has 0 fully saturated rings. The first kappa shape index (κ1) is 24.9. The summed E-state index contributed by atoms with van der Waals surface area (Å²) in [6.45, 7) is 3.99. The quantitative estimate of drug-likeness (QED) is 0.280. The number of unbranched alkanes of at least 4 members (excludes halogenated alkanes) is 9. The first-order chi connectivity index (χ1) is 11.9. The number of sulfone groups is 1. The first-order valence-electron chi connectivity index (χ1n) is 9.51. The molecule has 0 bridgehead atoms. The number of rotatable bonds is 15. The Bertz CT molecular complexity index is 475. The Kier molecular flexibility index (Phi) is 14.9. The molecule has 0 heterocycles. The predicted octanol–water partition coefficient (Wildman–Crippen LogP) is 5.59. The Morgan fingerprint density at radius 3 is 1.84 bits per heavy atom. The van der Waals surface area contributed by atoms with Gasteiger partial charge in [-0.25, -0.2) is 8.42 Å². The Labute approximate surface area is 163 Å². The second-order valence-corrected chi connectivity index (χ2v) is 10.8. The van der Waals surface area contributed by atoms with E-state index in [1.807, 2.05) is 0 Å². The summed E-state index contributed by atoms with van der Waals surface area (Å²) in [6.07, 6.45) is 12.9.